The van der Waals surface area contributed by atoms with E-state index in [1.54, 1.807) is 0 Å². The lowest BCUT2D eigenvalue weighted by atomic mass is 9.93. The average molecular weight is 428 g/mol. The maximum atomic E-state index is 9.10. The van der Waals surface area contributed by atoms with Gasteiger partial charge in [-0.2, -0.15) is 0 Å². The zero-order valence-electron chi connectivity index (χ0n) is 17.7. The molecule has 0 aliphatic carbocycles. The number of nitrogens with zero attached hydrogens (tertiary/aromatic N) is 1. The summed E-state index contributed by atoms with van der Waals surface area (Å²) >= 11 is 1.91. The van der Waals surface area contributed by atoms with Gasteiger partial charge in [0, 0.05) is 16.3 Å². The van der Waals surface area contributed by atoms with Crippen LogP contribution in [0.3, 0.4) is 0 Å². The summed E-state index contributed by atoms with van der Waals surface area (Å²) in [7, 11) is 4.28. The minimum Gasteiger partial charge on any atom is -0.473 e. The van der Waals surface area contributed by atoms with Gasteiger partial charge in [-0.1, -0.05) is 61.5 Å². The minimum atomic E-state index is -1.82. The van der Waals surface area contributed by atoms with Crippen molar-refractivity contribution in [3.8, 4) is 0 Å². The van der Waals surface area contributed by atoms with E-state index in [4.69, 9.17) is 19.8 Å². The summed E-state index contributed by atoms with van der Waals surface area (Å²) in [6.07, 6.45) is 7.21. The molecule has 1 heterocycles. The summed E-state index contributed by atoms with van der Waals surface area (Å²) in [6.45, 7) is 3.35. The third-order valence-electron chi connectivity index (χ3n) is 4.66. The normalized spacial score (nSPS) is 13.3. The molecular weight excluding hydrogens is 398 g/mol. The van der Waals surface area contributed by atoms with E-state index in [9.17, 15) is 0 Å². The van der Waals surface area contributed by atoms with Gasteiger partial charge in [0.1, 0.15) is 0 Å². The summed E-state index contributed by atoms with van der Waals surface area (Å²) < 4.78 is 0. The number of aliphatic carboxylic acids is 2. The Hall–Kier alpha value is -2.57. The van der Waals surface area contributed by atoms with Crippen molar-refractivity contribution in [2.24, 2.45) is 0 Å². The van der Waals surface area contributed by atoms with Crippen LogP contribution < -0.4 is 0 Å². The van der Waals surface area contributed by atoms with Crippen LogP contribution in [0.1, 0.15) is 42.9 Å². The molecule has 0 unspecified atom stereocenters. The van der Waals surface area contributed by atoms with Crippen LogP contribution in [-0.4, -0.2) is 47.7 Å². The Kier molecular flexibility index (Phi) is 9.15. The number of hydrogen-bond acceptors (Lipinski definition) is 4. The topological polar surface area (TPSA) is 77.8 Å². The van der Waals surface area contributed by atoms with Gasteiger partial charge >= 0.3 is 11.9 Å². The van der Waals surface area contributed by atoms with Crippen molar-refractivity contribution in [2.75, 3.05) is 20.6 Å². The second kappa shape index (κ2) is 11.6. The van der Waals surface area contributed by atoms with Crippen molar-refractivity contribution in [1.29, 1.82) is 0 Å². The summed E-state index contributed by atoms with van der Waals surface area (Å²) in [5, 5.41) is 14.8. The highest BCUT2D eigenvalue weighted by molar-refractivity contribution is 7.99. The molecule has 0 atom stereocenters. The number of carboxylic acid groups (broad SMARTS) is 2. The first-order valence-corrected chi connectivity index (χ1v) is 10.9. The number of unbranched alkanes of at least 4 members (excludes halogenated alkanes) is 1. The molecule has 5 nitrogen and oxygen atoms in total. The Morgan fingerprint density at radius 1 is 1.00 bits per heavy atom. The van der Waals surface area contributed by atoms with Gasteiger partial charge < -0.3 is 15.1 Å². The average Bonchev–Trinajstić information content (AvgIpc) is 2.72. The number of aryl methyl sites for hydroxylation is 1. The van der Waals surface area contributed by atoms with Gasteiger partial charge in [-0.25, -0.2) is 9.59 Å². The molecule has 2 aromatic rings. The predicted octanol–water partition coefficient (Wildman–Crippen LogP) is 5.03. The summed E-state index contributed by atoms with van der Waals surface area (Å²) in [6, 6.07) is 15.9. The van der Waals surface area contributed by atoms with Gasteiger partial charge in [0.2, 0.25) is 0 Å². The molecule has 0 aromatic heterocycles. The molecule has 0 radical (unpaired) electrons. The molecule has 0 saturated carbocycles. The minimum absolute atomic E-state index is 1.08. The molecule has 0 spiro atoms. The van der Waals surface area contributed by atoms with Crippen molar-refractivity contribution < 1.29 is 19.8 Å². The Morgan fingerprint density at radius 3 is 2.30 bits per heavy atom. The number of fused-ring (bicyclic) bond motifs is 2. The van der Waals surface area contributed by atoms with E-state index in [0.717, 1.165) is 13.0 Å². The first-order valence-electron chi connectivity index (χ1n) is 10.0. The summed E-state index contributed by atoms with van der Waals surface area (Å²) in [4.78, 5) is 23.2. The Bertz CT molecular complexity index is 909. The lowest BCUT2D eigenvalue weighted by Crippen LogP contribution is -2.12. The van der Waals surface area contributed by atoms with E-state index in [2.05, 4.69) is 74.5 Å². The van der Waals surface area contributed by atoms with Crippen LogP contribution in [-0.2, 0) is 16.0 Å². The second-order valence-corrected chi connectivity index (χ2v) is 8.44. The van der Waals surface area contributed by atoms with Crippen LogP contribution in [0, 0.1) is 0 Å². The third kappa shape index (κ3) is 6.75. The largest absolute Gasteiger partial charge is 0.473 e. The number of hydrogen-bond donors (Lipinski definition) is 2. The second-order valence-electron chi connectivity index (χ2n) is 7.35. The Labute approximate surface area is 182 Å². The van der Waals surface area contributed by atoms with Crippen LogP contribution in [0.4, 0.5) is 0 Å². The van der Waals surface area contributed by atoms with Crippen molar-refractivity contribution in [3.05, 3.63) is 65.2 Å². The van der Waals surface area contributed by atoms with Gasteiger partial charge in [-0.05, 0) is 67.8 Å². The van der Waals surface area contributed by atoms with E-state index in [1.165, 1.54) is 51.3 Å². The van der Waals surface area contributed by atoms with E-state index in [0.29, 0.717) is 0 Å². The smallest absolute Gasteiger partial charge is 0.414 e. The molecular formula is C24H29NO4S. The highest BCUT2D eigenvalue weighted by Gasteiger charge is 2.20. The molecule has 1 aliphatic rings. The van der Waals surface area contributed by atoms with Gasteiger partial charge in [-0.15, -0.1) is 0 Å². The fraction of sp³-hybridized carbons (Fsp3) is 0.333. The van der Waals surface area contributed by atoms with Crippen LogP contribution in [0.5, 0.6) is 0 Å². The van der Waals surface area contributed by atoms with E-state index < -0.39 is 11.9 Å². The molecule has 2 aromatic carbocycles. The molecule has 0 amide bonds. The van der Waals surface area contributed by atoms with Gasteiger partial charge in [-0.3, -0.25) is 0 Å². The standard InChI is InChI=1S/C22H27NS.C2H2O4/c1-4-5-9-17-13-14-22-20(16-17)18(11-8-15-23(2)3)19-10-6-7-12-21(19)24-22;3-1(4)2(5)6/h6-7,10-14,16H,4-5,8-9,15H2,1-3H3;(H,3,4)(H,5,6)/b18-11+;. The van der Waals surface area contributed by atoms with Crippen molar-refractivity contribution >= 4 is 29.3 Å². The Balaban J connectivity index is 0.000000469. The third-order valence-corrected chi connectivity index (χ3v) is 5.81. The first kappa shape index (κ1) is 23.7. The number of rotatable bonds is 6. The molecule has 0 bridgehead atoms. The van der Waals surface area contributed by atoms with Crippen LogP contribution in [0.15, 0.2) is 58.3 Å². The fourth-order valence-corrected chi connectivity index (χ4v) is 4.23. The predicted molar refractivity (Wildman–Crippen MR) is 121 cm³/mol. The maximum absolute atomic E-state index is 9.10. The quantitative estimate of drug-likeness (QED) is 0.537. The molecule has 30 heavy (non-hydrogen) atoms. The maximum Gasteiger partial charge on any atom is 0.414 e. The number of carbonyl (C=O) groups is 2. The van der Waals surface area contributed by atoms with Crippen molar-refractivity contribution in [1.82, 2.24) is 4.90 Å². The van der Waals surface area contributed by atoms with Gasteiger partial charge in [0.15, 0.2) is 0 Å². The molecule has 3 rings (SSSR count). The van der Waals surface area contributed by atoms with E-state index in [1.807, 2.05) is 11.8 Å². The zero-order chi connectivity index (χ0) is 22.1. The number of benzene rings is 2. The van der Waals surface area contributed by atoms with E-state index >= 15 is 0 Å². The van der Waals surface area contributed by atoms with Crippen LogP contribution >= 0.6 is 11.8 Å². The molecule has 2 N–H and O–H groups in total. The first-order chi connectivity index (χ1) is 14.3. The number of carboxylic acids is 2. The zero-order valence-corrected chi connectivity index (χ0v) is 18.5. The molecule has 6 heteroatoms. The fourth-order valence-electron chi connectivity index (χ4n) is 3.14. The molecule has 160 valence electrons. The molecule has 0 fully saturated rings. The monoisotopic (exact) mass is 427 g/mol. The SMILES string of the molecule is CCCCc1ccc2c(c1)/C(=C/CCN(C)C)c1ccccc1S2.O=C(O)C(=O)O. The molecule has 1 aliphatic heterocycles. The lowest BCUT2D eigenvalue weighted by molar-refractivity contribution is -0.159. The van der Waals surface area contributed by atoms with Gasteiger partial charge in [0.05, 0.1) is 0 Å². The highest BCUT2D eigenvalue weighted by atomic mass is 32.2. The van der Waals surface area contributed by atoms with Crippen molar-refractivity contribution in [2.45, 2.75) is 42.4 Å². The van der Waals surface area contributed by atoms with Crippen LogP contribution in [0.2, 0.25) is 0 Å². The van der Waals surface area contributed by atoms with Crippen LogP contribution in [0.25, 0.3) is 5.57 Å². The summed E-state index contributed by atoms with van der Waals surface area (Å²) in [5.41, 5.74) is 5.70. The van der Waals surface area contributed by atoms with Gasteiger partial charge in [0.25, 0.3) is 0 Å². The highest BCUT2D eigenvalue weighted by Crippen LogP contribution is 2.45. The van der Waals surface area contributed by atoms with E-state index in [-0.39, 0.29) is 0 Å². The van der Waals surface area contributed by atoms with Crippen molar-refractivity contribution in [3.63, 3.8) is 0 Å². The lowest BCUT2D eigenvalue weighted by Gasteiger charge is -2.23. The Morgan fingerprint density at radius 2 is 1.67 bits per heavy atom. The molecule has 0 saturated heterocycles. The summed E-state index contributed by atoms with van der Waals surface area (Å²) in [5.74, 6) is -3.65.